The van der Waals surface area contributed by atoms with Crippen LogP contribution in [0.5, 0.6) is 0 Å². The lowest BCUT2D eigenvalue weighted by Crippen LogP contribution is -2.29. The van der Waals surface area contributed by atoms with Gasteiger partial charge in [0.25, 0.3) is 5.91 Å². The van der Waals surface area contributed by atoms with Gasteiger partial charge in [-0.1, -0.05) is 0 Å². The van der Waals surface area contributed by atoms with E-state index in [1.165, 1.54) is 12.4 Å². The first-order valence-corrected chi connectivity index (χ1v) is 2.75. The van der Waals surface area contributed by atoms with Crippen LogP contribution < -0.4 is 11.3 Å². The lowest BCUT2D eigenvalue weighted by Gasteiger charge is -1.95. The molecule has 1 aromatic heterocycles. The first kappa shape index (κ1) is 6.70. The molecule has 0 fully saturated rings. The second-order valence-corrected chi connectivity index (χ2v) is 1.71. The van der Waals surface area contributed by atoms with Gasteiger partial charge >= 0.3 is 0 Å². The SMILES string of the molecule is NN[14C](=O)c1ccncc1. The van der Waals surface area contributed by atoms with E-state index in [2.05, 4.69) is 4.98 Å². The number of hydrogen-bond acceptors (Lipinski definition) is 3. The lowest BCUT2D eigenvalue weighted by atomic mass is 10.4. The Labute approximate surface area is 58.0 Å². The van der Waals surface area contributed by atoms with E-state index in [4.69, 9.17) is 5.84 Å². The number of nitrogen functional groups attached to an aromatic ring is 1. The number of carbonyl (C=O) groups excluding carboxylic acids is 1. The minimum absolute atomic E-state index is 0.303. The molecular weight excluding hydrogens is 132 g/mol. The number of hydrogen-bond donors (Lipinski definition) is 2. The Balaban J connectivity index is 2.85. The van der Waals surface area contributed by atoms with Gasteiger partial charge < -0.3 is 0 Å². The van der Waals surface area contributed by atoms with Gasteiger partial charge in [0.05, 0.1) is 0 Å². The second kappa shape index (κ2) is 2.93. The number of rotatable bonds is 1. The summed E-state index contributed by atoms with van der Waals surface area (Å²) in [6.45, 7) is 0. The van der Waals surface area contributed by atoms with Gasteiger partial charge in [-0.2, -0.15) is 0 Å². The molecule has 0 atom stereocenters. The monoisotopic (exact) mass is 139 g/mol. The molecule has 0 aliphatic carbocycles. The Kier molecular flexibility index (Phi) is 1.96. The molecule has 4 heteroatoms. The van der Waals surface area contributed by atoms with Gasteiger partial charge in [0.2, 0.25) is 0 Å². The summed E-state index contributed by atoms with van der Waals surface area (Å²) in [6.07, 6.45) is 3.06. The van der Waals surface area contributed by atoms with Gasteiger partial charge in [-0.3, -0.25) is 15.2 Å². The average molecular weight is 139 g/mol. The van der Waals surface area contributed by atoms with E-state index >= 15 is 0 Å². The van der Waals surface area contributed by atoms with E-state index in [1.807, 2.05) is 5.43 Å². The van der Waals surface area contributed by atoms with Crippen LogP contribution >= 0.6 is 0 Å². The number of carbonyl (C=O) groups is 1. The molecule has 0 aliphatic rings. The molecule has 10 heavy (non-hydrogen) atoms. The normalized spacial score (nSPS) is 8.90. The summed E-state index contributed by atoms with van der Waals surface area (Å²) >= 11 is 0. The van der Waals surface area contributed by atoms with Crippen molar-refractivity contribution in [1.82, 2.24) is 10.4 Å². The molecule has 0 spiro atoms. The summed E-state index contributed by atoms with van der Waals surface area (Å²) in [5.74, 6) is 4.58. The maximum atomic E-state index is 10.7. The lowest BCUT2D eigenvalue weighted by molar-refractivity contribution is 0.0953. The van der Waals surface area contributed by atoms with Gasteiger partial charge in [0.1, 0.15) is 0 Å². The van der Waals surface area contributed by atoms with Crippen LogP contribution in [0.25, 0.3) is 0 Å². The first-order chi connectivity index (χ1) is 4.84. The molecule has 4 nitrogen and oxygen atoms in total. The summed E-state index contributed by atoms with van der Waals surface area (Å²) in [5.41, 5.74) is 2.53. The predicted octanol–water partition coefficient (Wildman–Crippen LogP) is -0.315. The Morgan fingerprint density at radius 3 is 2.60 bits per heavy atom. The Morgan fingerprint density at radius 1 is 1.50 bits per heavy atom. The molecule has 0 unspecified atom stereocenters. The third-order valence-corrected chi connectivity index (χ3v) is 1.07. The van der Waals surface area contributed by atoms with E-state index < -0.39 is 0 Å². The van der Waals surface area contributed by atoms with Gasteiger partial charge in [0.15, 0.2) is 0 Å². The van der Waals surface area contributed by atoms with Crippen LogP contribution in [0.2, 0.25) is 0 Å². The van der Waals surface area contributed by atoms with E-state index in [-0.39, 0.29) is 5.91 Å². The Morgan fingerprint density at radius 2 is 2.10 bits per heavy atom. The van der Waals surface area contributed by atoms with Crippen LogP contribution in [-0.2, 0) is 0 Å². The minimum atomic E-state index is -0.303. The summed E-state index contributed by atoms with van der Waals surface area (Å²) < 4.78 is 0. The molecule has 1 amide bonds. The second-order valence-electron chi connectivity index (χ2n) is 1.71. The highest BCUT2D eigenvalue weighted by Gasteiger charge is 1.98. The fourth-order valence-corrected chi connectivity index (χ4v) is 0.587. The zero-order chi connectivity index (χ0) is 7.40. The summed E-state index contributed by atoms with van der Waals surface area (Å²) in [7, 11) is 0. The number of amides is 1. The molecule has 1 rings (SSSR count). The zero-order valence-corrected chi connectivity index (χ0v) is 5.24. The zero-order valence-electron chi connectivity index (χ0n) is 5.24. The summed E-state index contributed by atoms with van der Waals surface area (Å²) in [6, 6.07) is 3.17. The highest BCUT2D eigenvalue weighted by molar-refractivity contribution is 5.93. The molecule has 0 radical (unpaired) electrons. The van der Waals surface area contributed by atoms with Crippen molar-refractivity contribution in [1.29, 1.82) is 0 Å². The van der Waals surface area contributed by atoms with E-state index in [0.29, 0.717) is 5.56 Å². The van der Waals surface area contributed by atoms with E-state index in [9.17, 15) is 4.79 Å². The molecular formula is C6H7N3O. The molecule has 0 aliphatic heterocycles. The van der Waals surface area contributed by atoms with Crippen molar-refractivity contribution in [3.05, 3.63) is 30.1 Å². The minimum Gasteiger partial charge on any atom is -0.290 e. The maximum Gasteiger partial charge on any atom is 0.265 e. The number of aromatic nitrogens is 1. The van der Waals surface area contributed by atoms with Gasteiger partial charge in [-0.25, -0.2) is 5.84 Å². The van der Waals surface area contributed by atoms with Crippen molar-refractivity contribution >= 4 is 5.91 Å². The molecule has 3 N–H and O–H groups in total. The van der Waals surface area contributed by atoms with Crippen LogP contribution in [0.15, 0.2) is 24.5 Å². The number of nitrogens with one attached hydrogen (secondary N) is 1. The van der Waals surface area contributed by atoms with E-state index in [0.717, 1.165) is 0 Å². The molecule has 0 aromatic carbocycles. The van der Waals surface area contributed by atoms with Crippen molar-refractivity contribution in [2.75, 3.05) is 0 Å². The highest BCUT2D eigenvalue weighted by Crippen LogP contribution is 1.93. The first-order valence-electron chi connectivity index (χ1n) is 2.75. The smallest absolute Gasteiger partial charge is 0.265 e. The average Bonchev–Trinajstić information content (AvgIpc) is 2.05. The number of hydrazine groups is 1. The van der Waals surface area contributed by atoms with Crippen LogP contribution in [0.4, 0.5) is 0 Å². The van der Waals surface area contributed by atoms with Gasteiger partial charge in [-0.15, -0.1) is 0 Å². The predicted molar refractivity (Wildman–Crippen MR) is 35.9 cm³/mol. The van der Waals surface area contributed by atoms with Gasteiger partial charge in [-0.05, 0) is 12.1 Å². The topological polar surface area (TPSA) is 68.0 Å². The Bertz CT molecular complexity index is 222. The fourth-order valence-electron chi connectivity index (χ4n) is 0.587. The van der Waals surface area contributed by atoms with Crippen LogP contribution in [-0.4, -0.2) is 10.9 Å². The fraction of sp³-hybridized carbons (Fsp3) is 0. The van der Waals surface area contributed by atoms with Crippen molar-refractivity contribution in [3.8, 4) is 0 Å². The third-order valence-electron chi connectivity index (χ3n) is 1.07. The van der Waals surface area contributed by atoms with Crippen LogP contribution in [0, 0.1) is 0 Å². The third kappa shape index (κ3) is 1.29. The number of nitrogens with zero attached hydrogens (tertiary/aromatic N) is 1. The van der Waals surface area contributed by atoms with Gasteiger partial charge in [0, 0.05) is 18.0 Å². The van der Waals surface area contributed by atoms with Crippen molar-refractivity contribution in [2.45, 2.75) is 0 Å². The van der Waals surface area contributed by atoms with E-state index in [1.54, 1.807) is 12.1 Å². The van der Waals surface area contributed by atoms with Crippen LogP contribution in [0.3, 0.4) is 0 Å². The number of pyridine rings is 1. The maximum absolute atomic E-state index is 10.7. The quantitative estimate of drug-likeness (QED) is 0.318. The van der Waals surface area contributed by atoms with Crippen molar-refractivity contribution in [2.24, 2.45) is 5.84 Å². The number of nitrogens with two attached hydrogens (primary N) is 1. The van der Waals surface area contributed by atoms with Crippen LogP contribution in [0.1, 0.15) is 10.4 Å². The standard InChI is InChI=1S/C6H7N3O/c7-9-6(10)5-1-3-8-4-2-5/h1-4H,7H2,(H,9,10)/i6+2. The van der Waals surface area contributed by atoms with Crippen molar-refractivity contribution in [3.63, 3.8) is 0 Å². The molecule has 52 valence electrons. The molecule has 0 saturated carbocycles. The molecule has 0 saturated heterocycles. The highest BCUT2D eigenvalue weighted by atomic mass is 16.3. The molecule has 0 bridgehead atoms. The Hall–Kier alpha value is -1.42. The van der Waals surface area contributed by atoms with Crippen molar-refractivity contribution < 1.29 is 4.79 Å². The molecule has 1 heterocycles. The largest absolute Gasteiger partial charge is 0.290 e. The summed E-state index contributed by atoms with van der Waals surface area (Å²) in [5, 5.41) is 0. The molecule has 1 aromatic rings. The summed E-state index contributed by atoms with van der Waals surface area (Å²) in [4.78, 5) is 14.5.